The Morgan fingerprint density at radius 1 is 0.652 bits per heavy atom. The molecule has 0 aliphatic heterocycles. The van der Waals surface area contributed by atoms with Crippen LogP contribution in [0.1, 0.15) is 109 Å². The molecule has 1 N–H and O–H groups in total. The molecule has 132 valence electrons. The van der Waals surface area contributed by atoms with E-state index in [1.54, 1.807) is 0 Å². The zero-order valence-electron chi connectivity index (χ0n) is 15.5. The van der Waals surface area contributed by atoms with E-state index in [9.17, 15) is 5.11 Å². The summed E-state index contributed by atoms with van der Waals surface area (Å²) in [4.78, 5) is 0. The summed E-state index contributed by atoms with van der Waals surface area (Å²) >= 11 is 0. The van der Waals surface area contributed by atoms with Crippen molar-refractivity contribution in [3.63, 3.8) is 0 Å². The highest BCUT2D eigenvalue weighted by Crippen LogP contribution is 2.28. The summed E-state index contributed by atoms with van der Waals surface area (Å²) in [6.45, 7) is 4.55. The summed E-state index contributed by atoms with van der Waals surface area (Å²) in [6.07, 6.45) is 17.9. The number of hydrogen-bond acceptors (Lipinski definition) is 1. The average molecular weight is 319 g/mol. The van der Waals surface area contributed by atoms with Crippen LogP contribution in [-0.4, -0.2) is 5.11 Å². The van der Waals surface area contributed by atoms with Gasteiger partial charge < -0.3 is 5.11 Å². The fourth-order valence-electron chi connectivity index (χ4n) is 3.45. The molecule has 1 heteroatoms. The largest absolute Gasteiger partial charge is 0.508 e. The lowest BCUT2D eigenvalue weighted by molar-refractivity contribution is 0.473. The fourth-order valence-corrected chi connectivity index (χ4v) is 3.45. The topological polar surface area (TPSA) is 20.2 Å². The highest BCUT2D eigenvalue weighted by atomic mass is 16.3. The first kappa shape index (κ1) is 20.1. The van der Waals surface area contributed by atoms with Crippen LogP contribution in [-0.2, 0) is 0 Å². The van der Waals surface area contributed by atoms with E-state index in [0.717, 1.165) is 0 Å². The quantitative estimate of drug-likeness (QED) is 0.350. The lowest BCUT2D eigenvalue weighted by atomic mass is 9.89. The molecule has 1 unspecified atom stereocenters. The predicted molar refractivity (Wildman–Crippen MR) is 102 cm³/mol. The Kier molecular flexibility index (Phi) is 11.7. The van der Waals surface area contributed by atoms with Crippen LogP contribution in [0.4, 0.5) is 0 Å². The predicted octanol–water partition coefficient (Wildman–Crippen LogP) is 7.59. The van der Waals surface area contributed by atoms with Crippen LogP contribution >= 0.6 is 0 Å². The van der Waals surface area contributed by atoms with Gasteiger partial charge in [0.15, 0.2) is 0 Å². The van der Waals surface area contributed by atoms with Gasteiger partial charge in [0.05, 0.1) is 0 Å². The van der Waals surface area contributed by atoms with Gasteiger partial charge in [-0.2, -0.15) is 0 Å². The van der Waals surface area contributed by atoms with Crippen molar-refractivity contribution in [3.05, 3.63) is 29.8 Å². The monoisotopic (exact) mass is 318 g/mol. The molecule has 1 nitrogen and oxygen atoms in total. The maximum absolute atomic E-state index is 9.43. The average Bonchev–Trinajstić information content (AvgIpc) is 2.56. The highest BCUT2D eigenvalue weighted by Gasteiger charge is 2.10. The molecule has 0 saturated carbocycles. The van der Waals surface area contributed by atoms with Gasteiger partial charge in [0.1, 0.15) is 5.75 Å². The van der Waals surface area contributed by atoms with Gasteiger partial charge in [-0.25, -0.2) is 0 Å². The van der Waals surface area contributed by atoms with Gasteiger partial charge in [-0.15, -0.1) is 0 Å². The summed E-state index contributed by atoms with van der Waals surface area (Å²) < 4.78 is 0. The summed E-state index contributed by atoms with van der Waals surface area (Å²) in [5.41, 5.74) is 1.40. The van der Waals surface area contributed by atoms with E-state index < -0.39 is 0 Å². The maximum Gasteiger partial charge on any atom is 0.115 e. The molecule has 0 spiro atoms. The third kappa shape index (κ3) is 9.69. The second-order valence-corrected chi connectivity index (χ2v) is 7.05. The fraction of sp³-hybridized carbons (Fsp3) is 0.727. The first-order valence-electron chi connectivity index (χ1n) is 10.1. The van der Waals surface area contributed by atoms with Crippen molar-refractivity contribution in [3.8, 4) is 5.75 Å². The molecule has 0 amide bonds. The van der Waals surface area contributed by atoms with E-state index in [1.165, 1.54) is 89.0 Å². The number of unbranched alkanes of at least 4 members (excludes halogenated alkanes) is 9. The number of benzene rings is 1. The van der Waals surface area contributed by atoms with Crippen molar-refractivity contribution < 1.29 is 5.11 Å². The van der Waals surface area contributed by atoms with Crippen LogP contribution in [0.15, 0.2) is 24.3 Å². The smallest absolute Gasteiger partial charge is 0.115 e. The molecular weight excluding hydrogens is 280 g/mol. The molecule has 0 bridgehead atoms. The van der Waals surface area contributed by atoms with Gasteiger partial charge in [-0.1, -0.05) is 96.6 Å². The molecule has 1 atom stereocenters. The summed E-state index contributed by atoms with van der Waals surface area (Å²) in [5, 5.41) is 9.43. The molecule has 23 heavy (non-hydrogen) atoms. The Balaban J connectivity index is 2.10. The van der Waals surface area contributed by atoms with E-state index in [1.807, 2.05) is 12.1 Å². The molecular formula is C22H38O. The van der Waals surface area contributed by atoms with Crippen LogP contribution in [0.5, 0.6) is 5.75 Å². The Hall–Kier alpha value is -0.980. The van der Waals surface area contributed by atoms with E-state index in [4.69, 9.17) is 0 Å². The maximum atomic E-state index is 9.43. The normalized spacial score (nSPS) is 12.4. The molecule has 1 rings (SSSR count). The highest BCUT2D eigenvalue weighted by molar-refractivity contribution is 5.28. The number of phenolic OH excluding ortho intramolecular Hbond substituents is 1. The van der Waals surface area contributed by atoms with E-state index in [2.05, 4.69) is 26.0 Å². The Bertz CT molecular complexity index is 368. The van der Waals surface area contributed by atoms with Gasteiger partial charge in [0.25, 0.3) is 0 Å². The summed E-state index contributed by atoms with van der Waals surface area (Å²) in [7, 11) is 0. The van der Waals surface area contributed by atoms with Gasteiger partial charge in [0.2, 0.25) is 0 Å². The molecule has 1 aromatic carbocycles. The lowest BCUT2D eigenvalue weighted by Crippen LogP contribution is -1.98. The molecule has 1 aromatic rings. The van der Waals surface area contributed by atoms with Gasteiger partial charge in [0, 0.05) is 0 Å². The van der Waals surface area contributed by atoms with Crippen molar-refractivity contribution >= 4 is 0 Å². The van der Waals surface area contributed by atoms with Gasteiger partial charge in [-0.3, -0.25) is 0 Å². The van der Waals surface area contributed by atoms with Crippen LogP contribution in [0, 0.1) is 0 Å². The van der Waals surface area contributed by atoms with Gasteiger partial charge in [-0.05, 0) is 36.5 Å². The molecule has 0 aromatic heterocycles. The summed E-state index contributed by atoms with van der Waals surface area (Å²) in [6, 6.07) is 7.87. The third-order valence-electron chi connectivity index (χ3n) is 4.91. The second-order valence-electron chi connectivity index (χ2n) is 7.05. The van der Waals surface area contributed by atoms with Crippen LogP contribution in [0.2, 0.25) is 0 Å². The molecule has 0 fully saturated rings. The first-order chi connectivity index (χ1) is 11.3. The van der Waals surface area contributed by atoms with E-state index in [0.29, 0.717) is 11.7 Å². The number of rotatable bonds is 14. The number of aromatic hydroxyl groups is 1. The van der Waals surface area contributed by atoms with Crippen molar-refractivity contribution in [2.75, 3.05) is 0 Å². The van der Waals surface area contributed by atoms with E-state index in [-0.39, 0.29) is 0 Å². The standard InChI is InChI=1S/C22H38O/c1-3-5-6-7-8-9-10-11-12-13-15-20(14-4-2)21-16-18-22(23)19-17-21/h16-20,23H,3-15H2,1-2H3. The minimum absolute atomic E-state index is 0.378. The van der Waals surface area contributed by atoms with E-state index >= 15 is 0 Å². The lowest BCUT2D eigenvalue weighted by Gasteiger charge is -2.16. The zero-order valence-corrected chi connectivity index (χ0v) is 15.5. The van der Waals surface area contributed by atoms with Gasteiger partial charge >= 0.3 is 0 Å². The SMILES string of the molecule is CCCCCCCCCCCCC(CCC)c1ccc(O)cc1. The molecule has 0 heterocycles. The first-order valence-corrected chi connectivity index (χ1v) is 10.1. The van der Waals surface area contributed by atoms with Crippen molar-refractivity contribution in [1.29, 1.82) is 0 Å². The molecule has 0 aliphatic rings. The Labute approximate surface area is 144 Å². The van der Waals surface area contributed by atoms with Crippen LogP contribution in [0.3, 0.4) is 0 Å². The minimum Gasteiger partial charge on any atom is -0.508 e. The van der Waals surface area contributed by atoms with Crippen molar-refractivity contribution in [1.82, 2.24) is 0 Å². The molecule has 0 radical (unpaired) electrons. The minimum atomic E-state index is 0.378. The zero-order chi connectivity index (χ0) is 16.8. The number of hydrogen-bond donors (Lipinski definition) is 1. The van der Waals surface area contributed by atoms with Crippen LogP contribution in [0.25, 0.3) is 0 Å². The Morgan fingerprint density at radius 2 is 1.17 bits per heavy atom. The molecule has 0 saturated heterocycles. The summed E-state index contributed by atoms with van der Waals surface area (Å²) in [5.74, 6) is 1.05. The molecule has 0 aliphatic carbocycles. The van der Waals surface area contributed by atoms with Crippen molar-refractivity contribution in [2.24, 2.45) is 0 Å². The van der Waals surface area contributed by atoms with Crippen molar-refractivity contribution in [2.45, 2.75) is 103 Å². The van der Waals surface area contributed by atoms with Crippen LogP contribution < -0.4 is 0 Å². The second kappa shape index (κ2) is 13.5. The third-order valence-corrected chi connectivity index (χ3v) is 4.91. The number of phenols is 1. The Morgan fingerprint density at radius 3 is 1.70 bits per heavy atom.